The van der Waals surface area contributed by atoms with Crippen LogP contribution in [0.4, 0.5) is 0 Å². The molecule has 0 amide bonds. The molecule has 0 N–H and O–H groups in total. The molecule has 142 valence electrons. The van der Waals surface area contributed by atoms with Gasteiger partial charge in [-0.05, 0) is 43.5 Å². The van der Waals surface area contributed by atoms with Crippen LogP contribution in [-0.2, 0) is 19.7 Å². The van der Waals surface area contributed by atoms with Crippen molar-refractivity contribution >= 4 is 31.3 Å². The van der Waals surface area contributed by atoms with Gasteiger partial charge in [0.1, 0.15) is 0 Å². The zero-order valence-electron chi connectivity index (χ0n) is 14.6. The molecule has 2 bridgehead atoms. The smallest absolute Gasteiger partial charge is 0.202 e. The number of aryl methyl sites for hydroxylation is 1. The van der Waals surface area contributed by atoms with E-state index >= 15 is 0 Å². The summed E-state index contributed by atoms with van der Waals surface area (Å²) in [4.78, 5) is 0.562. The zero-order valence-corrected chi connectivity index (χ0v) is 17.0. The second-order valence-electron chi connectivity index (χ2n) is 7.16. The highest BCUT2D eigenvalue weighted by atomic mass is 35.5. The maximum Gasteiger partial charge on any atom is 0.202 e. The Hall–Kier alpha value is -1.63. The number of rotatable bonds is 4. The Labute approximate surface area is 164 Å². The molecule has 0 radical (unpaired) electrons. The van der Waals surface area contributed by atoms with E-state index in [4.69, 9.17) is 11.6 Å². The summed E-state index contributed by atoms with van der Waals surface area (Å²) in [5.74, 6) is -0.871. The molecular weight excluding hydrogens is 404 g/mol. The normalized spacial score (nSPS) is 27.6. The van der Waals surface area contributed by atoms with E-state index in [1.54, 1.807) is 48.5 Å². The summed E-state index contributed by atoms with van der Waals surface area (Å²) in [5, 5.41) is -1.57. The van der Waals surface area contributed by atoms with Crippen LogP contribution in [0.15, 0.2) is 75.4 Å². The number of fused-ring (bicyclic) bond motifs is 2. The molecule has 0 saturated heterocycles. The van der Waals surface area contributed by atoms with Crippen molar-refractivity contribution in [2.24, 2.45) is 11.8 Å². The first-order valence-electron chi connectivity index (χ1n) is 8.69. The zero-order chi connectivity index (χ0) is 19.4. The van der Waals surface area contributed by atoms with E-state index in [1.807, 2.05) is 6.92 Å². The lowest BCUT2D eigenvalue weighted by atomic mass is 10.1. The Morgan fingerprint density at radius 1 is 0.889 bits per heavy atom. The van der Waals surface area contributed by atoms with Crippen molar-refractivity contribution in [2.45, 2.75) is 33.8 Å². The highest BCUT2D eigenvalue weighted by Crippen LogP contribution is 2.53. The van der Waals surface area contributed by atoms with Crippen molar-refractivity contribution in [3.05, 3.63) is 71.1 Å². The van der Waals surface area contributed by atoms with Gasteiger partial charge >= 0.3 is 0 Å². The van der Waals surface area contributed by atoms with E-state index in [0.29, 0.717) is 6.42 Å². The van der Waals surface area contributed by atoms with Crippen LogP contribution in [0.2, 0.25) is 0 Å². The molecule has 0 spiro atoms. The van der Waals surface area contributed by atoms with Gasteiger partial charge in [-0.15, -0.1) is 11.6 Å². The predicted molar refractivity (Wildman–Crippen MR) is 105 cm³/mol. The largest absolute Gasteiger partial charge is 0.223 e. The fourth-order valence-electron chi connectivity index (χ4n) is 4.09. The topological polar surface area (TPSA) is 68.3 Å². The molecular formula is C20H19ClO4S2. The second kappa shape index (κ2) is 6.47. The molecule has 0 heterocycles. The Morgan fingerprint density at radius 3 is 2.11 bits per heavy atom. The van der Waals surface area contributed by atoms with Crippen LogP contribution in [0.5, 0.6) is 0 Å². The standard InChI is InChI=1S/C20H19ClO4S2/c1-13-7-9-16(10-8-13)26(22,23)18-12-14-11-17(18)20(19(14)21)27(24,25)15-5-3-2-4-6-15/h2-10,12,14,17,19-20H,11H2,1H3/t14-,17+,19+,20+/m1/s1. The van der Waals surface area contributed by atoms with Gasteiger partial charge in [-0.25, -0.2) is 16.8 Å². The first kappa shape index (κ1) is 18.7. The molecule has 4 atom stereocenters. The van der Waals surface area contributed by atoms with Gasteiger partial charge in [0.05, 0.1) is 25.3 Å². The molecule has 27 heavy (non-hydrogen) atoms. The molecule has 2 aliphatic rings. The van der Waals surface area contributed by atoms with Gasteiger partial charge in [-0.2, -0.15) is 0 Å². The van der Waals surface area contributed by atoms with Crippen LogP contribution in [-0.4, -0.2) is 27.5 Å². The molecule has 4 rings (SSSR count). The first-order chi connectivity index (χ1) is 12.7. The summed E-state index contributed by atoms with van der Waals surface area (Å²) < 4.78 is 52.7. The number of alkyl halides is 1. The predicted octanol–water partition coefficient (Wildman–Crippen LogP) is 3.75. The van der Waals surface area contributed by atoms with E-state index in [2.05, 4.69) is 0 Å². The van der Waals surface area contributed by atoms with Crippen molar-refractivity contribution in [2.75, 3.05) is 0 Å². The van der Waals surface area contributed by atoms with E-state index in [1.165, 1.54) is 12.1 Å². The minimum atomic E-state index is -3.75. The third kappa shape index (κ3) is 2.94. The van der Waals surface area contributed by atoms with E-state index in [9.17, 15) is 16.8 Å². The SMILES string of the molecule is Cc1ccc(S(=O)(=O)C2=C[C@H]3C[C@@H]2[C@H](S(=O)(=O)c2ccccc2)[C@H]3Cl)cc1. The lowest BCUT2D eigenvalue weighted by Crippen LogP contribution is -2.37. The van der Waals surface area contributed by atoms with E-state index in [-0.39, 0.29) is 20.6 Å². The van der Waals surface area contributed by atoms with Crippen LogP contribution in [0, 0.1) is 18.8 Å². The molecule has 4 nitrogen and oxygen atoms in total. The minimum absolute atomic E-state index is 0.181. The molecule has 7 heteroatoms. The average Bonchev–Trinajstić information content (AvgIpc) is 3.21. The summed E-state index contributed by atoms with van der Waals surface area (Å²) in [5.41, 5.74) is 0.959. The Bertz CT molecular complexity index is 1100. The third-order valence-corrected chi connectivity index (χ3v) is 10.4. The highest BCUT2D eigenvalue weighted by Gasteiger charge is 2.56. The van der Waals surface area contributed by atoms with Crippen molar-refractivity contribution in [3.63, 3.8) is 0 Å². The van der Waals surface area contributed by atoms with Crippen LogP contribution >= 0.6 is 11.6 Å². The van der Waals surface area contributed by atoms with Gasteiger partial charge < -0.3 is 0 Å². The van der Waals surface area contributed by atoms with Crippen molar-refractivity contribution in [1.29, 1.82) is 0 Å². The molecule has 2 aromatic carbocycles. The Morgan fingerprint density at radius 2 is 1.52 bits per heavy atom. The monoisotopic (exact) mass is 422 g/mol. The van der Waals surface area contributed by atoms with Gasteiger partial charge in [0, 0.05) is 5.92 Å². The number of halogens is 1. The lowest BCUT2D eigenvalue weighted by Gasteiger charge is -2.27. The Balaban J connectivity index is 1.76. The minimum Gasteiger partial charge on any atom is -0.223 e. The summed E-state index contributed by atoms with van der Waals surface area (Å²) in [6, 6.07) is 14.7. The van der Waals surface area contributed by atoms with Gasteiger partial charge in [-0.1, -0.05) is 42.0 Å². The van der Waals surface area contributed by atoms with Gasteiger partial charge in [0.2, 0.25) is 9.84 Å². The number of hydrogen-bond donors (Lipinski definition) is 0. The summed E-state index contributed by atoms with van der Waals surface area (Å²) in [6.07, 6.45) is 2.11. The average molecular weight is 423 g/mol. The molecule has 2 aromatic rings. The van der Waals surface area contributed by atoms with E-state index in [0.717, 1.165) is 5.56 Å². The van der Waals surface area contributed by atoms with Gasteiger partial charge in [-0.3, -0.25) is 0 Å². The van der Waals surface area contributed by atoms with Crippen LogP contribution in [0.25, 0.3) is 0 Å². The molecule has 1 saturated carbocycles. The third-order valence-electron chi connectivity index (χ3n) is 5.46. The van der Waals surface area contributed by atoms with Gasteiger partial charge in [0.25, 0.3) is 0 Å². The highest BCUT2D eigenvalue weighted by molar-refractivity contribution is 7.95. The number of hydrogen-bond acceptors (Lipinski definition) is 4. The van der Waals surface area contributed by atoms with Gasteiger partial charge in [0.15, 0.2) is 9.84 Å². The maximum atomic E-state index is 13.2. The number of allylic oxidation sites excluding steroid dienone is 2. The van der Waals surface area contributed by atoms with Crippen molar-refractivity contribution in [1.82, 2.24) is 0 Å². The molecule has 0 unspecified atom stereocenters. The number of benzene rings is 2. The summed E-state index contributed by atoms with van der Waals surface area (Å²) in [6.45, 7) is 1.88. The Kier molecular flexibility index (Phi) is 4.48. The maximum absolute atomic E-state index is 13.2. The van der Waals surface area contributed by atoms with Crippen molar-refractivity contribution in [3.8, 4) is 0 Å². The molecule has 0 aromatic heterocycles. The summed E-state index contributed by atoms with van der Waals surface area (Å²) in [7, 11) is -7.49. The van der Waals surface area contributed by atoms with E-state index < -0.39 is 36.2 Å². The van der Waals surface area contributed by atoms with Crippen molar-refractivity contribution < 1.29 is 16.8 Å². The molecule has 2 aliphatic carbocycles. The fraction of sp³-hybridized carbons (Fsp3) is 0.300. The molecule has 1 fully saturated rings. The fourth-order valence-corrected chi connectivity index (χ4v) is 8.78. The lowest BCUT2D eigenvalue weighted by molar-refractivity contribution is 0.555. The second-order valence-corrected chi connectivity index (χ2v) is 11.7. The van der Waals surface area contributed by atoms with Crippen LogP contribution in [0.3, 0.4) is 0 Å². The first-order valence-corrected chi connectivity index (χ1v) is 12.2. The van der Waals surface area contributed by atoms with Crippen LogP contribution in [0.1, 0.15) is 12.0 Å². The quantitative estimate of drug-likeness (QED) is 0.703. The van der Waals surface area contributed by atoms with Crippen LogP contribution < -0.4 is 0 Å². The number of sulfone groups is 2. The summed E-state index contributed by atoms with van der Waals surface area (Å²) >= 11 is 6.47. The molecule has 0 aliphatic heterocycles.